The molecule has 2 aromatic rings. The maximum Gasteiger partial charge on any atom is 0.416 e. The Morgan fingerprint density at radius 1 is 1.09 bits per heavy atom. The molecule has 1 aliphatic heterocycles. The third-order valence-corrected chi connectivity index (χ3v) is 6.68. The number of ether oxygens (including phenoxy) is 2. The summed E-state index contributed by atoms with van der Waals surface area (Å²) in [5.41, 5.74) is 4.02. The van der Waals surface area contributed by atoms with Crippen LogP contribution in [0.5, 0.6) is 11.5 Å². The Morgan fingerprint density at radius 3 is 2.49 bits per heavy atom. The molecule has 0 atom stereocenters. The van der Waals surface area contributed by atoms with Crippen LogP contribution in [-0.4, -0.2) is 42.2 Å². The number of carboxylic acids is 1. The number of hydrogen-bond acceptors (Lipinski definition) is 4. The van der Waals surface area contributed by atoms with E-state index in [0.29, 0.717) is 31.9 Å². The second-order valence-electron chi connectivity index (χ2n) is 9.23. The van der Waals surface area contributed by atoms with Gasteiger partial charge in [0.15, 0.2) is 0 Å². The Bertz CT molecular complexity index is 1120. The average Bonchev–Trinajstić information content (AvgIpc) is 2.79. The highest BCUT2D eigenvalue weighted by Gasteiger charge is 2.34. The van der Waals surface area contributed by atoms with Gasteiger partial charge in [-0.1, -0.05) is 24.6 Å². The van der Waals surface area contributed by atoms with Crippen molar-refractivity contribution in [1.29, 1.82) is 0 Å². The van der Waals surface area contributed by atoms with Crippen molar-refractivity contribution >= 4 is 11.5 Å². The lowest BCUT2D eigenvalue weighted by Gasteiger charge is -2.38. The van der Waals surface area contributed by atoms with E-state index in [4.69, 9.17) is 14.6 Å². The molecule has 1 aliphatic carbocycles. The number of likely N-dealkylation sites (tertiary alicyclic amines) is 1. The van der Waals surface area contributed by atoms with Crippen LogP contribution in [0.2, 0.25) is 0 Å². The number of benzene rings is 2. The summed E-state index contributed by atoms with van der Waals surface area (Å²) in [6.07, 6.45) is -2.11. The molecule has 2 aliphatic rings. The third kappa shape index (κ3) is 5.81. The summed E-state index contributed by atoms with van der Waals surface area (Å²) < 4.78 is 52.0. The largest absolute Gasteiger partial charge is 0.494 e. The number of nitrogens with zero attached hydrogens (tertiary/aromatic N) is 1. The molecule has 0 radical (unpaired) electrons. The second-order valence-corrected chi connectivity index (χ2v) is 9.23. The van der Waals surface area contributed by atoms with E-state index in [1.54, 1.807) is 12.1 Å². The third-order valence-electron chi connectivity index (χ3n) is 6.68. The summed E-state index contributed by atoms with van der Waals surface area (Å²) >= 11 is 0. The first-order valence-electron chi connectivity index (χ1n) is 11.9. The van der Waals surface area contributed by atoms with Crippen molar-refractivity contribution in [2.45, 2.75) is 45.9 Å². The molecule has 8 heteroatoms. The minimum absolute atomic E-state index is 0.0617. The van der Waals surface area contributed by atoms with Gasteiger partial charge >= 0.3 is 12.1 Å². The lowest BCUT2D eigenvalue weighted by atomic mass is 9.85. The normalized spacial score (nSPS) is 16.6. The van der Waals surface area contributed by atoms with Crippen LogP contribution in [0.15, 0.2) is 42.0 Å². The highest BCUT2D eigenvalue weighted by atomic mass is 19.4. The lowest BCUT2D eigenvalue weighted by Crippen LogP contribution is -2.50. The SMILES string of the molecule is CCCOc1ccc(COc2ccc3c(c2)CCC(CN2CC(C(=O)O)C2)=C3C)c(C(F)(F)F)c1. The number of alkyl halides is 3. The van der Waals surface area contributed by atoms with Crippen molar-refractivity contribution in [3.63, 3.8) is 0 Å². The molecule has 0 unspecified atom stereocenters. The minimum Gasteiger partial charge on any atom is -0.494 e. The van der Waals surface area contributed by atoms with Crippen LogP contribution in [0.25, 0.3) is 5.57 Å². The summed E-state index contributed by atoms with van der Waals surface area (Å²) in [5, 5.41) is 9.07. The second kappa shape index (κ2) is 10.3. The summed E-state index contributed by atoms with van der Waals surface area (Å²) in [7, 11) is 0. The van der Waals surface area contributed by atoms with E-state index in [9.17, 15) is 18.0 Å². The molecular weight excluding hydrogens is 459 g/mol. The molecule has 0 amide bonds. The number of carboxylic acid groups (broad SMARTS) is 1. The highest BCUT2D eigenvalue weighted by molar-refractivity contribution is 5.73. The van der Waals surface area contributed by atoms with Gasteiger partial charge in [0.2, 0.25) is 0 Å². The van der Waals surface area contributed by atoms with Gasteiger partial charge in [-0.25, -0.2) is 0 Å². The molecule has 0 aromatic heterocycles. The molecule has 1 heterocycles. The number of carbonyl (C=O) groups is 1. The van der Waals surface area contributed by atoms with Gasteiger partial charge < -0.3 is 14.6 Å². The van der Waals surface area contributed by atoms with Crippen molar-refractivity contribution in [3.05, 3.63) is 64.2 Å². The predicted molar refractivity (Wildman–Crippen MR) is 126 cm³/mol. The van der Waals surface area contributed by atoms with Crippen LogP contribution in [0.4, 0.5) is 13.2 Å². The van der Waals surface area contributed by atoms with E-state index < -0.39 is 17.7 Å². The minimum atomic E-state index is -4.50. The molecule has 1 fully saturated rings. The van der Waals surface area contributed by atoms with Crippen molar-refractivity contribution in [2.24, 2.45) is 5.92 Å². The van der Waals surface area contributed by atoms with E-state index in [1.165, 1.54) is 17.2 Å². The lowest BCUT2D eigenvalue weighted by molar-refractivity contribution is -0.147. The van der Waals surface area contributed by atoms with Gasteiger partial charge in [0.05, 0.1) is 18.1 Å². The number of fused-ring (bicyclic) bond motifs is 1. The average molecular weight is 490 g/mol. The summed E-state index contributed by atoms with van der Waals surface area (Å²) in [5.74, 6) is -0.279. The zero-order chi connectivity index (χ0) is 25.2. The number of allylic oxidation sites excluding steroid dienone is 1. The highest BCUT2D eigenvalue weighted by Crippen LogP contribution is 2.37. The fraction of sp³-hybridized carbons (Fsp3) is 0.444. The maximum absolute atomic E-state index is 13.6. The summed E-state index contributed by atoms with van der Waals surface area (Å²) in [6.45, 7) is 6.06. The van der Waals surface area contributed by atoms with Gasteiger partial charge in [-0.15, -0.1) is 0 Å². The first kappa shape index (κ1) is 25.1. The molecule has 2 aromatic carbocycles. The number of rotatable bonds is 9. The standard InChI is InChI=1S/C27H30F3NO4/c1-3-10-34-23-7-6-20(25(12-23)27(28,29)30)16-35-22-8-9-24-17(2)19(5-4-18(24)11-22)13-31-14-21(15-31)26(32)33/h6-9,11-12,21H,3-5,10,13-16H2,1-2H3,(H,32,33). The Labute approximate surface area is 203 Å². The zero-order valence-electron chi connectivity index (χ0n) is 20.0. The molecule has 0 spiro atoms. The number of aryl methyl sites for hydroxylation is 1. The van der Waals surface area contributed by atoms with E-state index in [2.05, 4.69) is 11.8 Å². The molecule has 1 saturated heterocycles. The Balaban J connectivity index is 1.44. The van der Waals surface area contributed by atoms with Crippen LogP contribution in [-0.2, 0) is 24.0 Å². The Kier molecular flexibility index (Phi) is 7.40. The topological polar surface area (TPSA) is 59.0 Å². The number of halogens is 3. The monoisotopic (exact) mass is 489 g/mol. The Hall–Kier alpha value is -3.00. The van der Waals surface area contributed by atoms with Crippen LogP contribution in [0.1, 0.15) is 48.9 Å². The Morgan fingerprint density at radius 2 is 1.80 bits per heavy atom. The van der Waals surface area contributed by atoms with Crippen molar-refractivity contribution in [1.82, 2.24) is 4.90 Å². The van der Waals surface area contributed by atoms with E-state index >= 15 is 0 Å². The molecule has 4 rings (SSSR count). The first-order valence-corrected chi connectivity index (χ1v) is 11.9. The summed E-state index contributed by atoms with van der Waals surface area (Å²) in [6, 6.07) is 9.65. The van der Waals surface area contributed by atoms with Crippen LogP contribution in [0.3, 0.4) is 0 Å². The molecule has 188 valence electrons. The van der Waals surface area contributed by atoms with Crippen molar-refractivity contribution in [2.75, 3.05) is 26.2 Å². The predicted octanol–water partition coefficient (Wildman–Crippen LogP) is 5.81. The van der Waals surface area contributed by atoms with Gasteiger partial charge in [-0.05, 0) is 67.2 Å². The number of aliphatic carboxylic acids is 1. The van der Waals surface area contributed by atoms with Crippen LogP contribution in [0, 0.1) is 5.92 Å². The molecule has 5 nitrogen and oxygen atoms in total. The van der Waals surface area contributed by atoms with Gasteiger partial charge in [-0.2, -0.15) is 13.2 Å². The molecule has 35 heavy (non-hydrogen) atoms. The first-order chi connectivity index (χ1) is 16.7. The van der Waals surface area contributed by atoms with E-state index in [1.807, 2.05) is 19.1 Å². The van der Waals surface area contributed by atoms with E-state index in [0.717, 1.165) is 36.6 Å². The van der Waals surface area contributed by atoms with Crippen molar-refractivity contribution in [3.8, 4) is 11.5 Å². The van der Waals surface area contributed by atoms with Gasteiger partial charge in [0.25, 0.3) is 0 Å². The van der Waals surface area contributed by atoms with Gasteiger partial charge in [-0.3, -0.25) is 9.69 Å². The molecule has 1 N–H and O–H groups in total. The maximum atomic E-state index is 13.6. The molecule has 0 saturated carbocycles. The summed E-state index contributed by atoms with van der Waals surface area (Å²) in [4.78, 5) is 13.2. The van der Waals surface area contributed by atoms with E-state index in [-0.39, 0.29) is 23.8 Å². The van der Waals surface area contributed by atoms with Gasteiger partial charge in [0, 0.05) is 25.2 Å². The number of hydrogen-bond donors (Lipinski definition) is 1. The molecule has 0 bridgehead atoms. The van der Waals surface area contributed by atoms with Crippen LogP contribution >= 0.6 is 0 Å². The van der Waals surface area contributed by atoms with Gasteiger partial charge in [0.1, 0.15) is 18.1 Å². The van der Waals surface area contributed by atoms with Crippen molar-refractivity contribution < 1.29 is 32.5 Å². The fourth-order valence-electron chi connectivity index (χ4n) is 4.63. The molecular formula is C27H30F3NO4. The van der Waals surface area contributed by atoms with Crippen LogP contribution < -0.4 is 9.47 Å². The fourth-order valence-corrected chi connectivity index (χ4v) is 4.63. The smallest absolute Gasteiger partial charge is 0.416 e. The zero-order valence-corrected chi connectivity index (χ0v) is 20.0. The quantitative estimate of drug-likeness (QED) is 0.482.